The number of benzene rings is 1. The summed E-state index contributed by atoms with van der Waals surface area (Å²) >= 11 is 4.07. The van der Waals surface area contributed by atoms with Crippen molar-refractivity contribution in [1.29, 1.82) is 5.26 Å². The Morgan fingerprint density at radius 3 is 2.61 bits per heavy atom. The van der Waals surface area contributed by atoms with Crippen LogP contribution in [0.2, 0.25) is 0 Å². The summed E-state index contributed by atoms with van der Waals surface area (Å²) in [7, 11) is 0. The van der Waals surface area contributed by atoms with Crippen molar-refractivity contribution in [3.8, 4) is 11.8 Å². The number of nitrogens with zero attached hydrogens (tertiary/aromatic N) is 1. The number of ether oxygens (including phenoxy) is 2. The monoisotopic (exact) mass is 350 g/mol. The van der Waals surface area contributed by atoms with Gasteiger partial charge in [0.1, 0.15) is 11.9 Å². The van der Waals surface area contributed by atoms with Crippen molar-refractivity contribution < 1.29 is 9.47 Å². The second-order valence-electron chi connectivity index (χ2n) is 5.78. The molecule has 2 aliphatic heterocycles. The molecule has 0 amide bonds. The largest absolute Gasteiger partial charge is 0.486 e. The van der Waals surface area contributed by atoms with Gasteiger partial charge in [0.05, 0.1) is 18.2 Å². The van der Waals surface area contributed by atoms with E-state index in [1.54, 1.807) is 12.1 Å². The molecule has 1 N–H and O–H groups in total. The van der Waals surface area contributed by atoms with Crippen molar-refractivity contribution in [3.63, 3.8) is 0 Å². The molecule has 0 aliphatic carbocycles. The average molecular weight is 351 g/mol. The smallest absolute Gasteiger partial charge is 0.137 e. The number of thioether (sulfide) groups is 2. The first-order chi connectivity index (χ1) is 11.3. The van der Waals surface area contributed by atoms with E-state index in [1.807, 2.05) is 35.7 Å². The first-order valence-corrected chi connectivity index (χ1v) is 10.3. The maximum absolute atomic E-state index is 8.87. The van der Waals surface area contributed by atoms with E-state index >= 15 is 0 Å². The third kappa shape index (κ3) is 5.05. The van der Waals surface area contributed by atoms with E-state index in [0.717, 1.165) is 18.8 Å². The van der Waals surface area contributed by atoms with Crippen LogP contribution < -0.4 is 10.1 Å². The van der Waals surface area contributed by atoms with Crippen LogP contribution in [0, 0.1) is 11.3 Å². The maximum atomic E-state index is 8.87. The summed E-state index contributed by atoms with van der Waals surface area (Å²) in [5.74, 6) is 5.65. The predicted octanol–water partition coefficient (Wildman–Crippen LogP) is 2.53. The minimum atomic E-state index is 0.0231. The highest BCUT2D eigenvalue weighted by atomic mass is 32.2. The molecule has 2 aliphatic rings. The Labute approximate surface area is 146 Å². The van der Waals surface area contributed by atoms with Crippen molar-refractivity contribution in [2.75, 3.05) is 36.2 Å². The molecule has 2 saturated heterocycles. The molecule has 0 bridgehead atoms. The molecular weight excluding hydrogens is 328 g/mol. The zero-order valence-electron chi connectivity index (χ0n) is 13.1. The highest BCUT2D eigenvalue weighted by molar-refractivity contribution is 8.03. The van der Waals surface area contributed by atoms with Crippen LogP contribution in [-0.4, -0.2) is 54.4 Å². The summed E-state index contributed by atoms with van der Waals surface area (Å²) < 4.78 is 11.7. The molecule has 0 saturated carbocycles. The Balaban J connectivity index is 1.59. The summed E-state index contributed by atoms with van der Waals surface area (Å²) in [6, 6.07) is 10.3. The van der Waals surface area contributed by atoms with Crippen molar-refractivity contribution in [3.05, 3.63) is 29.8 Å². The van der Waals surface area contributed by atoms with Gasteiger partial charge in [-0.15, -0.1) is 0 Å². The lowest BCUT2D eigenvalue weighted by atomic mass is 10.0. The van der Waals surface area contributed by atoms with Gasteiger partial charge in [-0.25, -0.2) is 0 Å². The Kier molecular flexibility index (Phi) is 6.52. The Morgan fingerprint density at radius 1 is 1.17 bits per heavy atom. The van der Waals surface area contributed by atoms with Gasteiger partial charge in [0.2, 0.25) is 0 Å². The number of nitriles is 1. The van der Waals surface area contributed by atoms with Crippen LogP contribution in [-0.2, 0) is 4.74 Å². The number of rotatable bonds is 4. The highest BCUT2D eigenvalue weighted by Crippen LogP contribution is 2.21. The standard InChI is InChI=1S/C17H22N2O2S2/c18-9-13-1-3-15(4-2-13)21-17-10-20-6-5-16(17)19-14-11-22-7-8-23-12-14/h1-4,14,16-17,19H,5-8,10-12H2/t16-,17-/m1/s1. The van der Waals surface area contributed by atoms with Crippen LogP contribution in [0.3, 0.4) is 0 Å². The van der Waals surface area contributed by atoms with Crippen molar-refractivity contribution in [2.45, 2.75) is 24.6 Å². The van der Waals surface area contributed by atoms with Crippen molar-refractivity contribution in [1.82, 2.24) is 5.32 Å². The van der Waals surface area contributed by atoms with E-state index in [0.29, 0.717) is 24.3 Å². The lowest BCUT2D eigenvalue weighted by Gasteiger charge is -2.35. The van der Waals surface area contributed by atoms with E-state index in [9.17, 15) is 0 Å². The lowest BCUT2D eigenvalue weighted by Crippen LogP contribution is -2.53. The van der Waals surface area contributed by atoms with Crippen LogP contribution >= 0.6 is 23.5 Å². The van der Waals surface area contributed by atoms with Crippen molar-refractivity contribution >= 4 is 23.5 Å². The minimum Gasteiger partial charge on any atom is -0.486 e. The van der Waals surface area contributed by atoms with Gasteiger partial charge in [-0.2, -0.15) is 28.8 Å². The molecule has 2 fully saturated rings. The third-order valence-electron chi connectivity index (χ3n) is 4.03. The van der Waals surface area contributed by atoms with Gasteiger partial charge < -0.3 is 14.8 Å². The molecule has 2 heterocycles. The van der Waals surface area contributed by atoms with Gasteiger partial charge in [-0.3, -0.25) is 0 Å². The highest BCUT2D eigenvalue weighted by Gasteiger charge is 2.29. The van der Waals surface area contributed by atoms with E-state index in [4.69, 9.17) is 14.7 Å². The zero-order valence-corrected chi connectivity index (χ0v) is 14.7. The number of hydrogen-bond donors (Lipinski definition) is 1. The van der Waals surface area contributed by atoms with E-state index in [2.05, 4.69) is 11.4 Å². The molecule has 124 valence electrons. The zero-order chi connectivity index (χ0) is 15.9. The SMILES string of the molecule is N#Cc1ccc(O[C@@H]2COCC[C@H]2NC2CSCCSC2)cc1. The molecule has 0 unspecified atom stereocenters. The quantitative estimate of drug-likeness (QED) is 0.901. The van der Waals surface area contributed by atoms with Gasteiger partial charge in [0.25, 0.3) is 0 Å². The number of nitrogens with one attached hydrogen (secondary N) is 1. The Bertz CT molecular complexity index is 524. The first-order valence-electron chi connectivity index (χ1n) is 8.01. The molecule has 23 heavy (non-hydrogen) atoms. The van der Waals surface area contributed by atoms with Gasteiger partial charge in [-0.05, 0) is 30.7 Å². The summed E-state index contributed by atoms with van der Waals surface area (Å²) in [6.07, 6.45) is 1.00. The second kappa shape index (κ2) is 8.84. The van der Waals surface area contributed by atoms with Crippen LogP contribution in [0.15, 0.2) is 24.3 Å². The number of hydrogen-bond acceptors (Lipinski definition) is 6. The third-order valence-corrected chi connectivity index (χ3v) is 6.55. The normalized spacial score (nSPS) is 26.2. The van der Waals surface area contributed by atoms with Crippen molar-refractivity contribution in [2.24, 2.45) is 0 Å². The summed E-state index contributed by atoms with van der Waals surface area (Å²) in [4.78, 5) is 0. The predicted molar refractivity (Wildman–Crippen MR) is 96.4 cm³/mol. The molecule has 3 rings (SSSR count). The van der Waals surface area contributed by atoms with Crippen LogP contribution in [0.4, 0.5) is 0 Å². The Morgan fingerprint density at radius 2 is 1.91 bits per heavy atom. The minimum absolute atomic E-state index is 0.0231. The fourth-order valence-corrected chi connectivity index (χ4v) is 5.24. The first kappa shape index (κ1) is 17.0. The van der Waals surface area contributed by atoms with E-state index < -0.39 is 0 Å². The molecule has 4 nitrogen and oxygen atoms in total. The van der Waals surface area contributed by atoms with Gasteiger partial charge in [0.15, 0.2) is 0 Å². The summed E-state index contributed by atoms with van der Waals surface area (Å²) in [6.45, 7) is 1.41. The van der Waals surface area contributed by atoms with Crippen LogP contribution in [0.1, 0.15) is 12.0 Å². The second-order valence-corrected chi connectivity index (χ2v) is 8.08. The van der Waals surface area contributed by atoms with E-state index in [1.165, 1.54) is 23.0 Å². The molecule has 1 aromatic rings. The van der Waals surface area contributed by atoms with Crippen LogP contribution in [0.25, 0.3) is 0 Å². The maximum Gasteiger partial charge on any atom is 0.137 e. The molecule has 0 radical (unpaired) electrons. The molecule has 0 aromatic heterocycles. The molecule has 0 spiro atoms. The molecule has 6 heteroatoms. The lowest BCUT2D eigenvalue weighted by molar-refractivity contribution is -0.0163. The summed E-state index contributed by atoms with van der Waals surface area (Å²) in [5.41, 5.74) is 0.652. The Hall–Kier alpha value is -0.870. The topological polar surface area (TPSA) is 54.3 Å². The molecular formula is C17H22N2O2S2. The van der Waals surface area contributed by atoms with Gasteiger partial charge in [-0.1, -0.05) is 0 Å². The fourth-order valence-electron chi connectivity index (χ4n) is 2.82. The van der Waals surface area contributed by atoms with E-state index in [-0.39, 0.29) is 6.10 Å². The van der Waals surface area contributed by atoms with Gasteiger partial charge in [0, 0.05) is 41.7 Å². The molecule has 1 aromatic carbocycles. The molecule has 2 atom stereocenters. The fraction of sp³-hybridized carbons (Fsp3) is 0.588. The summed E-state index contributed by atoms with van der Waals surface area (Å²) in [5, 5.41) is 12.7. The van der Waals surface area contributed by atoms with Gasteiger partial charge >= 0.3 is 0 Å². The van der Waals surface area contributed by atoms with Crippen LogP contribution in [0.5, 0.6) is 5.75 Å². The average Bonchev–Trinajstić information content (AvgIpc) is 2.86.